The summed E-state index contributed by atoms with van der Waals surface area (Å²) in [6.07, 6.45) is 1.50. The van der Waals surface area contributed by atoms with Crippen LogP contribution in [0.25, 0.3) is 0 Å². The lowest BCUT2D eigenvalue weighted by Crippen LogP contribution is -2.17. The molecule has 0 saturated heterocycles. The molecular weight excluding hydrogens is 408 g/mol. The van der Waals surface area contributed by atoms with Crippen LogP contribution < -0.4 is 19.6 Å². The second-order valence-electron chi connectivity index (χ2n) is 6.57. The van der Waals surface area contributed by atoms with Gasteiger partial charge in [0.15, 0.2) is 0 Å². The summed E-state index contributed by atoms with van der Waals surface area (Å²) in [6, 6.07) is 20.3. The van der Waals surface area contributed by atoms with E-state index in [0.29, 0.717) is 41.6 Å². The Kier molecular flexibility index (Phi) is 7.97. The van der Waals surface area contributed by atoms with Gasteiger partial charge in [-0.05, 0) is 92.2 Å². The maximum absolute atomic E-state index is 12.3. The van der Waals surface area contributed by atoms with Gasteiger partial charge in [0.05, 0.1) is 25.0 Å². The largest absolute Gasteiger partial charge is 0.494 e. The van der Waals surface area contributed by atoms with E-state index in [2.05, 4.69) is 10.5 Å². The predicted octanol–water partition coefficient (Wildman–Crippen LogP) is 4.47. The topological polar surface area (TPSA) is 86.2 Å². The molecule has 0 radical (unpaired) electrons. The molecule has 32 heavy (non-hydrogen) atoms. The van der Waals surface area contributed by atoms with Gasteiger partial charge in [0, 0.05) is 5.56 Å². The number of rotatable bonds is 9. The molecule has 0 aliphatic heterocycles. The summed E-state index contributed by atoms with van der Waals surface area (Å²) in [5, 5.41) is 3.96. The highest BCUT2D eigenvalue weighted by Gasteiger charge is 2.09. The third-order valence-electron chi connectivity index (χ3n) is 4.30. The van der Waals surface area contributed by atoms with Crippen LogP contribution in [0.2, 0.25) is 0 Å². The van der Waals surface area contributed by atoms with Crippen molar-refractivity contribution < 1.29 is 23.8 Å². The second kappa shape index (κ2) is 11.3. The van der Waals surface area contributed by atoms with Crippen LogP contribution in [0, 0.1) is 0 Å². The first kappa shape index (κ1) is 22.6. The van der Waals surface area contributed by atoms with E-state index in [1.165, 1.54) is 6.21 Å². The van der Waals surface area contributed by atoms with Crippen LogP contribution >= 0.6 is 0 Å². The van der Waals surface area contributed by atoms with Crippen molar-refractivity contribution in [2.45, 2.75) is 13.8 Å². The molecule has 0 atom stereocenters. The van der Waals surface area contributed by atoms with E-state index >= 15 is 0 Å². The van der Waals surface area contributed by atoms with Crippen molar-refractivity contribution in [1.29, 1.82) is 0 Å². The first-order valence-corrected chi connectivity index (χ1v) is 10.2. The fraction of sp³-hybridized carbons (Fsp3) is 0.160. The van der Waals surface area contributed by atoms with Crippen molar-refractivity contribution in [2.75, 3.05) is 13.2 Å². The Morgan fingerprint density at radius 3 is 1.78 bits per heavy atom. The van der Waals surface area contributed by atoms with Crippen molar-refractivity contribution >= 4 is 18.1 Å². The fourth-order valence-electron chi connectivity index (χ4n) is 2.74. The number of hydrogen-bond donors (Lipinski definition) is 1. The molecule has 1 N–H and O–H groups in total. The average Bonchev–Trinajstić information content (AvgIpc) is 2.81. The zero-order valence-electron chi connectivity index (χ0n) is 17.9. The maximum Gasteiger partial charge on any atom is 0.343 e. The highest BCUT2D eigenvalue weighted by atomic mass is 16.5. The maximum atomic E-state index is 12.3. The highest BCUT2D eigenvalue weighted by Crippen LogP contribution is 2.16. The lowest BCUT2D eigenvalue weighted by Gasteiger charge is -2.06. The molecule has 0 heterocycles. The van der Waals surface area contributed by atoms with Crippen LogP contribution in [0.4, 0.5) is 0 Å². The summed E-state index contributed by atoms with van der Waals surface area (Å²) < 4.78 is 16.1. The molecule has 164 valence electrons. The Labute approximate surface area is 186 Å². The molecule has 3 aromatic rings. The monoisotopic (exact) mass is 432 g/mol. The average molecular weight is 432 g/mol. The minimum atomic E-state index is -0.461. The number of esters is 1. The minimum absolute atomic E-state index is 0.329. The molecule has 0 aromatic heterocycles. The first-order valence-electron chi connectivity index (χ1n) is 10.2. The van der Waals surface area contributed by atoms with E-state index in [9.17, 15) is 9.59 Å². The molecule has 0 aliphatic carbocycles. The van der Waals surface area contributed by atoms with Crippen LogP contribution in [0.5, 0.6) is 17.2 Å². The number of amides is 1. The van der Waals surface area contributed by atoms with Gasteiger partial charge in [-0.2, -0.15) is 5.10 Å². The molecule has 0 saturated carbocycles. The smallest absolute Gasteiger partial charge is 0.343 e. The van der Waals surface area contributed by atoms with Crippen molar-refractivity contribution in [3.05, 3.63) is 89.5 Å². The number of carbonyl (C=O) groups is 2. The second-order valence-corrected chi connectivity index (χ2v) is 6.57. The highest BCUT2D eigenvalue weighted by molar-refractivity contribution is 5.95. The summed E-state index contributed by atoms with van der Waals surface area (Å²) in [6.45, 7) is 4.92. The van der Waals surface area contributed by atoms with E-state index in [1.807, 2.05) is 13.8 Å². The van der Waals surface area contributed by atoms with E-state index < -0.39 is 5.97 Å². The normalized spacial score (nSPS) is 10.6. The van der Waals surface area contributed by atoms with E-state index in [4.69, 9.17) is 14.2 Å². The lowest BCUT2D eigenvalue weighted by atomic mass is 10.2. The Hall–Kier alpha value is -4.13. The molecule has 0 unspecified atom stereocenters. The molecule has 0 bridgehead atoms. The van der Waals surface area contributed by atoms with Gasteiger partial charge in [0.25, 0.3) is 5.91 Å². The third-order valence-corrected chi connectivity index (χ3v) is 4.30. The van der Waals surface area contributed by atoms with Crippen molar-refractivity contribution in [3.63, 3.8) is 0 Å². The molecule has 0 aliphatic rings. The number of nitrogens with one attached hydrogen (secondary N) is 1. The van der Waals surface area contributed by atoms with Gasteiger partial charge in [0.1, 0.15) is 17.2 Å². The van der Waals surface area contributed by atoms with Crippen LogP contribution in [-0.4, -0.2) is 31.3 Å². The zero-order valence-corrected chi connectivity index (χ0v) is 17.9. The van der Waals surface area contributed by atoms with Crippen LogP contribution in [0.15, 0.2) is 77.9 Å². The van der Waals surface area contributed by atoms with Crippen molar-refractivity contribution in [2.24, 2.45) is 5.10 Å². The van der Waals surface area contributed by atoms with E-state index in [-0.39, 0.29) is 5.91 Å². The molecule has 3 aromatic carbocycles. The van der Waals surface area contributed by atoms with E-state index in [0.717, 1.165) is 5.56 Å². The Balaban J connectivity index is 1.51. The number of benzene rings is 3. The Morgan fingerprint density at radius 1 is 0.750 bits per heavy atom. The predicted molar refractivity (Wildman–Crippen MR) is 122 cm³/mol. The SMILES string of the molecule is CCOc1ccc(C(=O)NN=Cc2ccc(OC(=O)c3ccc(OCC)cc3)cc2)cc1. The van der Waals surface area contributed by atoms with Gasteiger partial charge in [-0.3, -0.25) is 4.79 Å². The van der Waals surface area contributed by atoms with Crippen LogP contribution in [0.1, 0.15) is 40.1 Å². The van der Waals surface area contributed by atoms with Crippen LogP contribution in [0.3, 0.4) is 0 Å². The number of ether oxygens (including phenoxy) is 3. The molecule has 7 heteroatoms. The molecule has 0 fully saturated rings. The van der Waals surface area contributed by atoms with Crippen LogP contribution in [-0.2, 0) is 0 Å². The van der Waals surface area contributed by atoms with Gasteiger partial charge < -0.3 is 14.2 Å². The molecule has 0 spiro atoms. The number of hydrazone groups is 1. The van der Waals surface area contributed by atoms with Crippen molar-refractivity contribution in [1.82, 2.24) is 5.43 Å². The summed E-state index contributed by atoms with van der Waals surface area (Å²) in [5.74, 6) is 1.01. The van der Waals surface area contributed by atoms with Crippen molar-refractivity contribution in [3.8, 4) is 17.2 Å². The molecular formula is C25H24N2O5. The van der Waals surface area contributed by atoms with E-state index in [1.54, 1.807) is 72.8 Å². The summed E-state index contributed by atoms with van der Waals surface area (Å²) in [5.41, 5.74) is 4.11. The zero-order chi connectivity index (χ0) is 22.8. The number of carbonyl (C=O) groups excluding carboxylic acids is 2. The summed E-state index contributed by atoms with van der Waals surface area (Å²) >= 11 is 0. The standard InChI is InChI=1S/C25H24N2O5/c1-3-30-21-13-7-19(8-14-21)24(28)27-26-17-18-5-11-23(12-6-18)32-25(29)20-9-15-22(16-10-20)31-4-2/h5-17H,3-4H2,1-2H3,(H,27,28). The molecule has 7 nitrogen and oxygen atoms in total. The van der Waals surface area contributed by atoms with Gasteiger partial charge in [-0.15, -0.1) is 0 Å². The first-order chi connectivity index (χ1) is 15.6. The van der Waals surface area contributed by atoms with Gasteiger partial charge in [0.2, 0.25) is 0 Å². The summed E-state index contributed by atoms with van der Waals surface area (Å²) in [4.78, 5) is 24.4. The summed E-state index contributed by atoms with van der Waals surface area (Å²) in [7, 11) is 0. The molecule has 3 rings (SSSR count). The fourth-order valence-corrected chi connectivity index (χ4v) is 2.74. The Bertz CT molecular complexity index is 1060. The van der Waals surface area contributed by atoms with Gasteiger partial charge in [-0.25, -0.2) is 10.2 Å². The molecule has 1 amide bonds. The Morgan fingerprint density at radius 2 is 1.25 bits per heavy atom. The lowest BCUT2D eigenvalue weighted by molar-refractivity contribution is 0.0734. The third kappa shape index (κ3) is 6.43. The quantitative estimate of drug-likeness (QED) is 0.233. The number of nitrogens with zero attached hydrogens (tertiary/aromatic N) is 1. The minimum Gasteiger partial charge on any atom is -0.494 e. The van der Waals surface area contributed by atoms with Gasteiger partial charge in [-0.1, -0.05) is 0 Å². The van der Waals surface area contributed by atoms with Gasteiger partial charge >= 0.3 is 5.97 Å². The number of hydrogen-bond acceptors (Lipinski definition) is 6.